The molecule has 3 aromatic rings. The molecule has 2 aliphatic rings. The summed E-state index contributed by atoms with van der Waals surface area (Å²) in [5.41, 5.74) is 3.26. The highest BCUT2D eigenvalue weighted by Crippen LogP contribution is 2.36. The SMILES string of the molecule is Cc1nc2c(c(=O)[nH]1)CN(Cc1cc3cc4c(cc3nc1Cl)OCO4)CC2. The van der Waals surface area contributed by atoms with Crippen LogP contribution in [0, 0.1) is 6.92 Å². The Morgan fingerprint density at radius 2 is 2.04 bits per heavy atom. The number of aromatic amines is 1. The highest BCUT2D eigenvalue weighted by molar-refractivity contribution is 6.30. The summed E-state index contributed by atoms with van der Waals surface area (Å²) < 4.78 is 10.8. The number of pyridine rings is 1. The second-order valence-corrected chi connectivity index (χ2v) is 7.23. The molecule has 0 aliphatic carbocycles. The molecule has 2 aliphatic heterocycles. The number of hydrogen-bond donors (Lipinski definition) is 1. The molecule has 0 unspecified atom stereocenters. The molecule has 0 atom stereocenters. The standard InChI is InChI=1S/C19H17ClN4O3/c1-10-21-14-2-3-24(8-13(14)19(25)22-10)7-12-4-11-5-16-17(27-9-26-16)6-15(11)23-18(12)20/h4-6H,2-3,7-9H2,1H3,(H,21,22,25). The summed E-state index contributed by atoms with van der Waals surface area (Å²) in [6, 6.07) is 5.80. The number of fused-ring (bicyclic) bond motifs is 3. The Labute approximate surface area is 159 Å². The van der Waals surface area contributed by atoms with Gasteiger partial charge in [-0.3, -0.25) is 9.69 Å². The Morgan fingerprint density at radius 1 is 1.22 bits per heavy atom. The molecule has 0 saturated carbocycles. The van der Waals surface area contributed by atoms with Gasteiger partial charge in [-0.15, -0.1) is 0 Å². The normalized spacial score (nSPS) is 15.9. The molecule has 0 fully saturated rings. The van der Waals surface area contributed by atoms with Crippen molar-refractivity contribution in [3.63, 3.8) is 0 Å². The minimum Gasteiger partial charge on any atom is -0.454 e. The summed E-state index contributed by atoms with van der Waals surface area (Å²) in [7, 11) is 0. The van der Waals surface area contributed by atoms with E-state index in [0.29, 0.717) is 29.8 Å². The Bertz CT molecular complexity index is 1130. The molecule has 0 radical (unpaired) electrons. The van der Waals surface area contributed by atoms with E-state index in [1.54, 1.807) is 6.92 Å². The molecule has 27 heavy (non-hydrogen) atoms. The molecule has 138 valence electrons. The van der Waals surface area contributed by atoms with Gasteiger partial charge in [0, 0.05) is 43.1 Å². The molecule has 4 heterocycles. The van der Waals surface area contributed by atoms with E-state index in [4.69, 9.17) is 21.1 Å². The van der Waals surface area contributed by atoms with Gasteiger partial charge in [-0.05, 0) is 19.1 Å². The highest BCUT2D eigenvalue weighted by Gasteiger charge is 2.22. The minimum absolute atomic E-state index is 0.0577. The van der Waals surface area contributed by atoms with Crippen molar-refractivity contribution in [3.8, 4) is 11.5 Å². The average Bonchev–Trinajstić information content (AvgIpc) is 3.08. The number of halogens is 1. The van der Waals surface area contributed by atoms with Crippen molar-refractivity contribution in [1.82, 2.24) is 19.9 Å². The summed E-state index contributed by atoms with van der Waals surface area (Å²) in [6.45, 7) is 4.01. The predicted molar refractivity (Wildman–Crippen MR) is 100 cm³/mol. The lowest BCUT2D eigenvalue weighted by Crippen LogP contribution is -2.35. The van der Waals surface area contributed by atoms with Crippen LogP contribution in [0.2, 0.25) is 5.15 Å². The molecular formula is C19H17ClN4O3. The van der Waals surface area contributed by atoms with E-state index in [0.717, 1.165) is 46.4 Å². The number of aryl methyl sites for hydroxylation is 1. The average molecular weight is 385 g/mol. The first-order valence-corrected chi connectivity index (χ1v) is 9.14. The van der Waals surface area contributed by atoms with Crippen LogP contribution in [-0.4, -0.2) is 33.2 Å². The Morgan fingerprint density at radius 3 is 2.89 bits per heavy atom. The first-order valence-electron chi connectivity index (χ1n) is 8.76. The minimum atomic E-state index is -0.0577. The topological polar surface area (TPSA) is 80.3 Å². The summed E-state index contributed by atoms with van der Waals surface area (Å²) in [5.74, 6) is 2.07. The number of rotatable bonds is 2. The van der Waals surface area contributed by atoms with E-state index in [1.807, 2.05) is 18.2 Å². The maximum absolute atomic E-state index is 12.2. The van der Waals surface area contributed by atoms with E-state index in [1.165, 1.54) is 0 Å². The van der Waals surface area contributed by atoms with Crippen molar-refractivity contribution in [2.24, 2.45) is 0 Å². The van der Waals surface area contributed by atoms with Crippen LogP contribution in [0.1, 0.15) is 22.6 Å². The number of H-pyrrole nitrogens is 1. The van der Waals surface area contributed by atoms with Gasteiger partial charge in [-0.1, -0.05) is 11.6 Å². The van der Waals surface area contributed by atoms with Gasteiger partial charge in [0.2, 0.25) is 6.79 Å². The molecule has 1 N–H and O–H groups in total. The van der Waals surface area contributed by atoms with Crippen molar-refractivity contribution in [3.05, 3.63) is 56.4 Å². The van der Waals surface area contributed by atoms with Gasteiger partial charge in [0.05, 0.1) is 16.8 Å². The highest BCUT2D eigenvalue weighted by atomic mass is 35.5. The Kier molecular flexibility index (Phi) is 3.80. The van der Waals surface area contributed by atoms with E-state index in [-0.39, 0.29) is 12.4 Å². The number of ether oxygens (including phenoxy) is 2. The van der Waals surface area contributed by atoms with Gasteiger partial charge < -0.3 is 14.5 Å². The molecule has 0 bridgehead atoms. The van der Waals surface area contributed by atoms with Crippen LogP contribution in [0.4, 0.5) is 0 Å². The van der Waals surface area contributed by atoms with Crippen LogP contribution in [0.25, 0.3) is 10.9 Å². The van der Waals surface area contributed by atoms with Gasteiger partial charge in [0.1, 0.15) is 11.0 Å². The number of benzene rings is 1. The van der Waals surface area contributed by atoms with Gasteiger partial charge >= 0.3 is 0 Å². The van der Waals surface area contributed by atoms with Crippen molar-refractivity contribution in [2.75, 3.05) is 13.3 Å². The van der Waals surface area contributed by atoms with Crippen molar-refractivity contribution < 1.29 is 9.47 Å². The summed E-state index contributed by atoms with van der Waals surface area (Å²) in [5, 5.41) is 1.41. The second-order valence-electron chi connectivity index (χ2n) is 6.87. The molecule has 8 heteroatoms. The first kappa shape index (κ1) is 16.5. The van der Waals surface area contributed by atoms with Crippen LogP contribution >= 0.6 is 11.6 Å². The first-order chi connectivity index (χ1) is 13.1. The van der Waals surface area contributed by atoms with Crippen LogP contribution in [-0.2, 0) is 19.5 Å². The fraction of sp³-hybridized carbons (Fsp3) is 0.316. The molecule has 5 rings (SSSR count). The number of hydrogen-bond acceptors (Lipinski definition) is 6. The largest absolute Gasteiger partial charge is 0.454 e. The van der Waals surface area contributed by atoms with Crippen molar-refractivity contribution >= 4 is 22.5 Å². The number of nitrogens with one attached hydrogen (secondary N) is 1. The maximum Gasteiger partial charge on any atom is 0.255 e. The van der Waals surface area contributed by atoms with Crippen LogP contribution in [0.5, 0.6) is 11.5 Å². The lowest BCUT2D eigenvalue weighted by atomic mass is 10.1. The molecule has 0 spiro atoms. The second kappa shape index (κ2) is 6.21. The predicted octanol–water partition coefficient (Wildman–Crippen LogP) is 2.57. The lowest BCUT2D eigenvalue weighted by Gasteiger charge is -2.27. The zero-order valence-electron chi connectivity index (χ0n) is 14.7. The van der Waals surface area contributed by atoms with Crippen LogP contribution in [0.15, 0.2) is 23.0 Å². The number of aromatic nitrogens is 3. The molecule has 1 aromatic carbocycles. The van der Waals surface area contributed by atoms with E-state index in [2.05, 4.69) is 19.9 Å². The third-order valence-corrected chi connectivity index (χ3v) is 5.32. The Balaban J connectivity index is 1.45. The fourth-order valence-electron chi connectivity index (χ4n) is 3.68. The van der Waals surface area contributed by atoms with Crippen molar-refractivity contribution in [1.29, 1.82) is 0 Å². The van der Waals surface area contributed by atoms with Gasteiger partial charge in [0.15, 0.2) is 11.5 Å². The van der Waals surface area contributed by atoms with E-state index in [9.17, 15) is 4.79 Å². The Hall–Kier alpha value is -2.64. The zero-order chi connectivity index (χ0) is 18.5. The summed E-state index contributed by atoms with van der Waals surface area (Å²) in [6.07, 6.45) is 0.747. The van der Waals surface area contributed by atoms with Crippen LogP contribution < -0.4 is 15.0 Å². The smallest absolute Gasteiger partial charge is 0.255 e. The molecule has 2 aromatic heterocycles. The maximum atomic E-state index is 12.2. The molecule has 0 saturated heterocycles. The zero-order valence-corrected chi connectivity index (χ0v) is 15.5. The third kappa shape index (κ3) is 2.93. The van der Waals surface area contributed by atoms with E-state index < -0.39 is 0 Å². The van der Waals surface area contributed by atoms with Crippen LogP contribution in [0.3, 0.4) is 0 Å². The molecule has 0 amide bonds. The van der Waals surface area contributed by atoms with Crippen molar-refractivity contribution in [2.45, 2.75) is 26.4 Å². The monoisotopic (exact) mass is 384 g/mol. The van der Waals surface area contributed by atoms with E-state index >= 15 is 0 Å². The number of nitrogens with zero attached hydrogens (tertiary/aromatic N) is 3. The molecule has 7 nitrogen and oxygen atoms in total. The van der Waals surface area contributed by atoms with Gasteiger partial charge in [-0.25, -0.2) is 9.97 Å². The lowest BCUT2D eigenvalue weighted by molar-refractivity contribution is 0.174. The molecular weight excluding hydrogens is 368 g/mol. The van der Waals surface area contributed by atoms with Gasteiger partial charge in [0.25, 0.3) is 5.56 Å². The summed E-state index contributed by atoms with van der Waals surface area (Å²) in [4.78, 5) is 26.2. The van der Waals surface area contributed by atoms with Gasteiger partial charge in [-0.2, -0.15) is 0 Å². The summed E-state index contributed by atoms with van der Waals surface area (Å²) >= 11 is 6.44. The fourth-order valence-corrected chi connectivity index (χ4v) is 3.88. The quantitative estimate of drug-likeness (QED) is 0.684. The third-order valence-electron chi connectivity index (χ3n) is 5.00.